The van der Waals surface area contributed by atoms with Gasteiger partial charge in [0.2, 0.25) is 0 Å². The fourth-order valence-corrected chi connectivity index (χ4v) is 1.94. The van der Waals surface area contributed by atoms with Gasteiger partial charge in [0.05, 0.1) is 12.8 Å². The van der Waals surface area contributed by atoms with Crippen molar-refractivity contribution in [3.05, 3.63) is 34.8 Å². The van der Waals surface area contributed by atoms with E-state index in [1.165, 1.54) is 7.11 Å². The molecule has 2 aromatic rings. The second kappa shape index (κ2) is 3.63. The number of carbonyl (C=O) groups is 1. The Morgan fingerprint density at radius 1 is 1.38 bits per heavy atom. The van der Waals surface area contributed by atoms with Gasteiger partial charge in [0.15, 0.2) is 5.69 Å². The Hall–Kier alpha value is -1.84. The zero-order chi connectivity index (χ0) is 11.9. The summed E-state index contributed by atoms with van der Waals surface area (Å²) < 4.78 is 6.56. The predicted molar refractivity (Wildman–Crippen MR) is 60.7 cm³/mol. The van der Waals surface area contributed by atoms with Crippen LogP contribution in [0, 0.1) is 20.8 Å². The zero-order valence-electron chi connectivity index (χ0n) is 9.87. The lowest BCUT2D eigenvalue weighted by Gasteiger charge is -2.03. The molecule has 2 rings (SSSR count). The molecule has 0 amide bonds. The van der Waals surface area contributed by atoms with Crippen LogP contribution in [0.5, 0.6) is 0 Å². The lowest BCUT2D eigenvalue weighted by atomic mass is 10.2. The average Bonchev–Trinajstić information content (AvgIpc) is 2.54. The van der Waals surface area contributed by atoms with Crippen molar-refractivity contribution in [2.45, 2.75) is 20.8 Å². The average molecular weight is 218 g/mol. The van der Waals surface area contributed by atoms with Crippen molar-refractivity contribution in [1.29, 1.82) is 0 Å². The molecule has 0 fully saturated rings. The van der Waals surface area contributed by atoms with Crippen molar-refractivity contribution in [2.75, 3.05) is 7.11 Å². The molecule has 0 aliphatic carbocycles. The molecule has 0 radical (unpaired) electrons. The summed E-state index contributed by atoms with van der Waals surface area (Å²) in [4.78, 5) is 16.0. The van der Waals surface area contributed by atoms with E-state index in [1.807, 2.05) is 33.0 Å². The quantitative estimate of drug-likeness (QED) is 0.688. The number of hydrogen-bond donors (Lipinski definition) is 0. The van der Waals surface area contributed by atoms with Gasteiger partial charge in [0.25, 0.3) is 0 Å². The van der Waals surface area contributed by atoms with Crippen molar-refractivity contribution in [1.82, 2.24) is 9.38 Å². The third kappa shape index (κ3) is 1.46. The number of methoxy groups -OCH3 is 1. The van der Waals surface area contributed by atoms with E-state index in [9.17, 15) is 4.79 Å². The molecule has 0 saturated heterocycles. The van der Waals surface area contributed by atoms with Gasteiger partial charge in [-0.2, -0.15) is 0 Å². The molecule has 2 heterocycles. The Balaban J connectivity index is 2.83. The SMILES string of the molecule is COC(=O)c1c(C)nc2c(C)cc(C)cn12. The number of aromatic nitrogens is 2. The Kier molecular flexibility index (Phi) is 2.42. The highest BCUT2D eigenvalue weighted by molar-refractivity contribution is 5.90. The van der Waals surface area contributed by atoms with Crippen LogP contribution in [0.15, 0.2) is 12.3 Å². The summed E-state index contributed by atoms with van der Waals surface area (Å²) in [6.07, 6.45) is 1.90. The molecule has 0 N–H and O–H groups in total. The number of carbonyl (C=O) groups excluding carboxylic acids is 1. The van der Waals surface area contributed by atoms with E-state index >= 15 is 0 Å². The summed E-state index contributed by atoms with van der Waals surface area (Å²) in [5.41, 5.74) is 4.15. The molecule has 0 bridgehead atoms. The molecule has 16 heavy (non-hydrogen) atoms. The minimum absolute atomic E-state index is 0.352. The van der Waals surface area contributed by atoms with Crippen molar-refractivity contribution in [3.8, 4) is 0 Å². The zero-order valence-corrected chi connectivity index (χ0v) is 9.87. The highest BCUT2D eigenvalue weighted by Crippen LogP contribution is 2.17. The van der Waals surface area contributed by atoms with E-state index in [1.54, 1.807) is 4.40 Å². The first-order valence-electron chi connectivity index (χ1n) is 5.09. The number of ether oxygens (including phenoxy) is 1. The van der Waals surface area contributed by atoms with Crippen LogP contribution in [-0.2, 0) is 4.74 Å². The molecule has 0 aliphatic heterocycles. The fraction of sp³-hybridized carbons (Fsp3) is 0.333. The number of esters is 1. The topological polar surface area (TPSA) is 43.6 Å². The first kappa shape index (κ1) is 10.7. The number of pyridine rings is 1. The molecule has 84 valence electrons. The van der Waals surface area contributed by atoms with Crippen LogP contribution in [0.3, 0.4) is 0 Å². The van der Waals surface area contributed by atoms with Crippen LogP contribution in [0.4, 0.5) is 0 Å². The van der Waals surface area contributed by atoms with E-state index < -0.39 is 0 Å². The molecular formula is C12H14N2O2. The monoisotopic (exact) mass is 218 g/mol. The minimum atomic E-state index is -0.352. The largest absolute Gasteiger partial charge is 0.464 e. The van der Waals surface area contributed by atoms with E-state index in [-0.39, 0.29) is 5.97 Å². The summed E-state index contributed by atoms with van der Waals surface area (Å²) in [6.45, 7) is 5.78. The van der Waals surface area contributed by atoms with Crippen LogP contribution in [0.2, 0.25) is 0 Å². The highest BCUT2D eigenvalue weighted by Gasteiger charge is 2.17. The molecule has 4 heteroatoms. The first-order chi connectivity index (χ1) is 7.54. The standard InChI is InChI=1S/C12H14N2O2/c1-7-5-8(2)11-13-9(3)10(12(15)16-4)14(11)6-7/h5-6H,1-4H3. The van der Waals surface area contributed by atoms with Crippen LogP contribution >= 0.6 is 0 Å². The van der Waals surface area contributed by atoms with E-state index in [4.69, 9.17) is 4.74 Å². The molecule has 0 saturated carbocycles. The molecule has 0 aromatic carbocycles. The molecule has 0 unspecified atom stereocenters. The Labute approximate surface area is 93.9 Å². The van der Waals surface area contributed by atoms with Gasteiger partial charge in [-0.1, -0.05) is 6.07 Å². The number of nitrogens with zero attached hydrogens (tertiary/aromatic N) is 2. The first-order valence-corrected chi connectivity index (χ1v) is 5.09. The molecule has 2 aromatic heterocycles. The summed E-state index contributed by atoms with van der Waals surface area (Å²) in [5.74, 6) is -0.352. The van der Waals surface area contributed by atoms with E-state index in [0.717, 1.165) is 16.8 Å². The van der Waals surface area contributed by atoms with Gasteiger partial charge in [0, 0.05) is 6.20 Å². The van der Waals surface area contributed by atoms with Crippen molar-refractivity contribution in [3.63, 3.8) is 0 Å². The smallest absolute Gasteiger partial charge is 0.356 e. The fourth-order valence-electron chi connectivity index (χ4n) is 1.94. The van der Waals surface area contributed by atoms with E-state index in [0.29, 0.717) is 11.4 Å². The van der Waals surface area contributed by atoms with Crippen LogP contribution in [0.1, 0.15) is 27.3 Å². The second-order valence-corrected chi connectivity index (χ2v) is 3.93. The number of aryl methyl sites for hydroxylation is 3. The van der Waals surface area contributed by atoms with Crippen molar-refractivity contribution in [2.24, 2.45) is 0 Å². The molecule has 4 nitrogen and oxygen atoms in total. The van der Waals surface area contributed by atoms with Gasteiger partial charge in [0.1, 0.15) is 5.65 Å². The van der Waals surface area contributed by atoms with Crippen LogP contribution in [-0.4, -0.2) is 22.5 Å². The van der Waals surface area contributed by atoms with Gasteiger partial charge < -0.3 is 4.74 Å². The summed E-state index contributed by atoms with van der Waals surface area (Å²) in [5, 5.41) is 0. The summed E-state index contributed by atoms with van der Waals surface area (Å²) in [7, 11) is 1.38. The highest BCUT2D eigenvalue weighted by atomic mass is 16.5. The van der Waals surface area contributed by atoms with Gasteiger partial charge in [-0.15, -0.1) is 0 Å². The molecule has 0 spiro atoms. The van der Waals surface area contributed by atoms with Gasteiger partial charge >= 0.3 is 5.97 Å². The maximum atomic E-state index is 11.6. The number of imidazole rings is 1. The second-order valence-electron chi connectivity index (χ2n) is 3.93. The number of rotatable bonds is 1. The Morgan fingerprint density at radius 2 is 2.06 bits per heavy atom. The number of hydrogen-bond acceptors (Lipinski definition) is 3. The number of fused-ring (bicyclic) bond motifs is 1. The van der Waals surface area contributed by atoms with Crippen molar-refractivity contribution < 1.29 is 9.53 Å². The van der Waals surface area contributed by atoms with Gasteiger partial charge in [-0.05, 0) is 31.9 Å². The predicted octanol–water partition coefficient (Wildman–Crippen LogP) is 2.05. The Bertz CT molecular complexity index is 570. The third-order valence-corrected chi connectivity index (χ3v) is 2.59. The Morgan fingerprint density at radius 3 is 2.69 bits per heavy atom. The molecule has 0 aliphatic rings. The molecular weight excluding hydrogens is 204 g/mol. The minimum Gasteiger partial charge on any atom is -0.464 e. The van der Waals surface area contributed by atoms with Gasteiger partial charge in [-0.3, -0.25) is 4.40 Å². The van der Waals surface area contributed by atoms with Gasteiger partial charge in [-0.25, -0.2) is 9.78 Å². The van der Waals surface area contributed by atoms with Crippen LogP contribution < -0.4 is 0 Å². The lowest BCUT2D eigenvalue weighted by Crippen LogP contribution is -2.07. The lowest BCUT2D eigenvalue weighted by molar-refractivity contribution is 0.0592. The maximum absolute atomic E-state index is 11.6. The molecule has 0 atom stereocenters. The summed E-state index contributed by atoms with van der Waals surface area (Å²) >= 11 is 0. The third-order valence-electron chi connectivity index (χ3n) is 2.59. The maximum Gasteiger partial charge on any atom is 0.356 e. The normalized spacial score (nSPS) is 10.8. The van der Waals surface area contributed by atoms with Crippen LogP contribution in [0.25, 0.3) is 5.65 Å². The summed E-state index contributed by atoms with van der Waals surface area (Å²) in [6, 6.07) is 2.04. The van der Waals surface area contributed by atoms with E-state index in [2.05, 4.69) is 4.98 Å². The van der Waals surface area contributed by atoms with Crippen molar-refractivity contribution >= 4 is 11.6 Å².